The van der Waals surface area contributed by atoms with Gasteiger partial charge in [0.15, 0.2) is 0 Å². The van der Waals surface area contributed by atoms with E-state index in [-0.39, 0.29) is 31.0 Å². The first-order valence-electron chi connectivity index (χ1n) is 13.0. The van der Waals surface area contributed by atoms with Gasteiger partial charge in [0, 0.05) is 25.2 Å². The molecular weight excluding hydrogens is 476 g/mol. The maximum atomic E-state index is 13.3. The van der Waals surface area contributed by atoms with Crippen LogP contribution in [0.3, 0.4) is 0 Å². The SMILES string of the molecule is C=C1/C=C\C(=O)N(C)CC(=O)N[C@@H](CCC(N)=O)C(=O)O[C@H]([C@@H](C)C[C@H](C)C[C@@H](C)CC)[C@H](C)C(=O)N1. The summed E-state index contributed by atoms with van der Waals surface area (Å²) in [5.41, 5.74) is 5.46. The molecule has 0 saturated heterocycles. The highest BCUT2D eigenvalue weighted by molar-refractivity contribution is 5.93. The summed E-state index contributed by atoms with van der Waals surface area (Å²) < 4.78 is 5.88. The molecule has 37 heavy (non-hydrogen) atoms. The Morgan fingerprint density at radius 3 is 2.41 bits per heavy atom. The van der Waals surface area contributed by atoms with E-state index in [4.69, 9.17) is 10.5 Å². The summed E-state index contributed by atoms with van der Waals surface area (Å²) in [6, 6.07) is -1.17. The van der Waals surface area contributed by atoms with Crippen molar-refractivity contribution < 1.29 is 28.7 Å². The molecule has 0 aliphatic carbocycles. The van der Waals surface area contributed by atoms with Crippen molar-refractivity contribution in [1.82, 2.24) is 15.5 Å². The predicted molar refractivity (Wildman–Crippen MR) is 140 cm³/mol. The van der Waals surface area contributed by atoms with Crippen molar-refractivity contribution in [2.45, 2.75) is 78.9 Å². The van der Waals surface area contributed by atoms with Crippen molar-refractivity contribution in [2.75, 3.05) is 13.6 Å². The molecule has 0 unspecified atom stereocenters. The first kappa shape index (κ1) is 31.9. The third-order valence-electron chi connectivity index (χ3n) is 6.76. The number of carbonyl (C=O) groups excluding carboxylic acids is 5. The molecule has 4 N–H and O–H groups in total. The van der Waals surface area contributed by atoms with Gasteiger partial charge in [0.1, 0.15) is 12.1 Å². The van der Waals surface area contributed by atoms with Crippen molar-refractivity contribution >= 4 is 29.6 Å². The number of rotatable bonds is 9. The zero-order valence-electron chi connectivity index (χ0n) is 23.0. The fourth-order valence-electron chi connectivity index (χ4n) is 4.48. The number of nitrogens with two attached hydrogens (primary N) is 1. The number of likely N-dealkylation sites (N-methyl/N-ethyl adjacent to an activating group) is 1. The van der Waals surface area contributed by atoms with Crippen LogP contribution in [0, 0.1) is 23.7 Å². The summed E-state index contributed by atoms with van der Waals surface area (Å²) >= 11 is 0. The van der Waals surface area contributed by atoms with E-state index < -0.39 is 47.7 Å². The molecule has 0 aromatic carbocycles. The van der Waals surface area contributed by atoms with Crippen LogP contribution in [0.15, 0.2) is 24.4 Å². The van der Waals surface area contributed by atoms with Gasteiger partial charge < -0.3 is 26.0 Å². The molecule has 0 saturated carbocycles. The van der Waals surface area contributed by atoms with Gasteiger partial charge in [0.05, 0.1) is 12.5 Å². The highest BCUT2D eigenvalue weighted by atomic mass is 16.5. The van der Waals surface area contributed by atoms with Crippen molar-refractivity contribution in [1.29, 1.82) is 0 Å². The standard InChI is InChI=1S/C27H44N4O6/c1-8-16(2)13-17(3)14-18(4)25-20(6)26(35)29-19(5)9-12-24(34)31(7)15-23(33)30-21(27(36)37-25)10-11-22(28)32/h9,12,16-18,20-21,25H,5,8,10-11,13-15H2,1-4,6-7H3,(H2,28,32)(H,29,35)(H,30,33)/b12-9-/t16-,17+,18-,20-,21-,25+/m0/s1. The second-order valence-corrected chi connectivity index (χ2v) is 10.4. The monoisotopic (exact) mass is 520 g/mol. The highest BCUT2D eigenvalue weighted by Crippen LogP contribution is 2.28. The first-order valence-corrected chi connectivity index (χ1v) is 13.0. The van der Waals surface area contributed by atoms with Crippen LogP contribution in [-0.4, -0.2) is 60.2 Å². The number of cyclic esters (lactones) is 1. The molecule has 0 bridgehead atoms. The molecular formula is C27H44N4O6. The summed E-state index contributed by atoms with van der Waals surface area (Å²) in [7, 11) is 1.42. The normalized spacial score (nSPS) is 25.6. The van der Waals surface area contributed by atoms with Crippen molar-refractivity contribution in [3.05, 3.63) is 24.4 Å². The number of nitrogens with zero attached hydrogens (tertiary/aromatic N) is 1. The van der Waals surface area contributed by atoms with E-state index in [0.29, 0.717) is 11.8 Å². The lowest BCUT2D eigenvalue weighted by molar-refractivity contribution is -0.161. The average molecular weight is 521 g/mol. The zero-order valence-corrected chi connectivity index (χ0v) is 23.0. The summed E-state index contributed by atoms with van der Waals surface area (Å²) in [6.07, 6.45) is 4.31. The molecule has 208 valence electrons. The average Bonchev–Trinajstić information content (AvgIpc) is 2.81. The summed E-state index contributed by atoms with van der Waals surface area (Å²) in [5, 5.41) is 5.22. The number of allylic oxidation sites excluding steroid dienone is 1. The van der Waals surface area contributed by atoms with E-state index in [1.54, 1.807) is 6.92 Å². The van der Waals surface area contributed by atoms with E-state index in [1.807, 2.05) is 6.92 Å². The number of amides is 4. The lowest BCUT2D eigenvalue weighted by Crippen LogP contribution is -2.49. The summed E-state index contributed by atoms with van der Waals surface area (Å²) in [4.78, 5) is 63.8. The van der Waals surface area contributed by atoms with Gasteiger partial charge in [0.2, 0.25) is 23.6 Å². The Morgan fingerprint density at radius 1 is 1.16 bits per heavy atom. The molecule has 1 aliphatic rings. The number of esters is 1. The van der Waals surface area contributed by atoms with Crippen LogP contribution in [0.25, 0.3) is 0 Å². The lowest BCUT2D eigenvalue weighted by atomic mass is 9.83. The number of hydrogen-bond donors (Lipinski definition) is 3. The molecule has 10 nitrogen and oxygen atoms in total. The molecule has 0 aromatic heterocycles. The van der Waals surface area contributed by atoms with E-state index in [1.165, 1.54) is 19.2 Å². The molecule has 10 heteroatoms. The van der Waals surface area contributed by atoms with Crippen LogP contribution < -0.4 is 16.4 Å². The fourth-order valence-corrected chi connectivity index (χ4v) is 4.48. The van der Waals surface area contributed by atoms with Crippen LogP contribution in [0.4, 0.5) is 0 Å². The largest absolute Gasteiger partial charge is 0.460 e. The number of carbonyl (C=O) groups is 5. The van der Waals surface area contributed by atoms with Crippen molar-refractivity contribution in [3.8, 4) is 0 Å². The van der Waals surface area contributed by atoms with Crippen LogP contribution in [-0.2, 0) is 28.7 Å². The Balaban J connectivity index is 3.32. The van der Waals surface area contributed by atoms with Crippen LogP contribution in [0.1, 0.15) is 66.7 Å². The molecule has 1 aliphatic heterocycles. The van der Waals surface area contributed by atoms with E-state index in [0.717, 1.165) is 24.2 Å². The Labute approximate surface area is 220 Å². The third-order valence-corrected chi connectivity index (χ3v) is 6.76. The number of nitrogens with one attached hydrogen (secondary N) is 2. The minimum atomic E-state index is -1.17. The van der Waals surface area contributed by atoms with E-state index in [2.05, 4.69) is 38.0 Å². The Hall–Kier alpha value is -3.17. The van der Waals surface area contributed by atoms with Crippen LogP contribution in [0.2, 0.25) is 0 Å². The van der Waals surface area contributed by atoms with Crippen LogP contribution in [0.5, 0.6) is 0 Å². The van der Waals surface area contributed by atoms with Gasteiger partial charge in [-0.2, -0.15) is 0 Å². The molecule has 1 rings (SSSR count). The van der Waals surface area contributed by atoms with Gasteiger partial charge in [0.25, 0.3) is 0 Å². The molecule has 6 atom stereocenters. The number of hydrogen-bond acceptors (Lipinski definition) is 6. The second kappa shape index (κ2) is 15.2. The fraction of sp³-hybridized carbons (Fsp3) is 0.667. The Bertz CT molecular complexity index is 886. The smallest absolute Gasteiger partial charge is 0.328 e. The van der Waals surface area contributed by atoms with Gasteiger partial charge in [-0.25, -0.2) is 4.79 Å². The summed E-state index contributed by atoms with van der Waals surface area (Å²) in [5.74, 6) is -2.96. The minimum Gasteiger partial charge on any atom is -0.460 e. The maximum Gasteiger partial charge on any atom is 0.328 e. The minimum absolute atomic E-state index is 0.0691. The summed E-state index contributed by atoms with van der Waals surface area (Å²) in [6.45, 7) is 13.5. The van der Waals surface area contributed by atoms with Crippen molar-refractivity contribution in [3.63, 3.8) is 0 Å². The molecule has 0 spiro atoms. The molecule has 0 fully saturated rings. The molecule has 0 radical (unpaired) electrons. The Kier molecular flexibility index (Phi) is 13.1. The van der Waals surface area contributed by atoms with Gasteiger partial charge in [-0.15, -0.1) is 0 Å². The first-order chi connectivity index (χ1) is 17.2. The quantitative estimate of drug-likeness (QED) is 0.396. The number of ether oxygens (including phenoxy) is 1. The molecule has 4 amide bonds. The zero-order chi connectivity index (χ0) is 28.3. The van der Waals surface area contributed by atoms with E-state index in [9.17, 15) is 24.0 Å². The Morgan fingerprint density at radius 2 is 1.81 bits per heavy atom. The van der Waals surface area contributed by atoms with Gasteiger partial charge in [-0.3, -0.25) is 19.2 Å². The van der Waals surface area contributed by atoms with Gasteiger partial charge >= 0.3 is 5.97 Å². The van der Waals surface area contributed by atoms with Gasteiger partial charge in [-0.1, -0.05) is 47.6 Å². The number of primary amides is 1. The third kappa shape index (κ3) is 11.2. The predicted octanol–water partition coefficient (Wildman–Crippen LogP) is 2.04. The van der Waals surface area contributed by atoms with Crippen LogP contribution >= 0.6 is 0 Å². The lowest BCUT2D eigenvalue weighted by Gasteiger charge is -2.32. The van der Waals surface area contributed by atoms with E-state index >= 15 is 0 Å². The van der Waals surface area contributed by atoms with Crippen molar-refractivity contribution in [2.24, 2.45) is 29.4 Å². The molecule has 1 heterocycles. The maximum absolute atomic E-state index is 13.3. The highest BCUT2D eigenvalue weighted by Gasteiger charge is 2.35. The second-order valence-electron chi connectivity index (χ2n) is 10.4. The van der Waals surface area contributed by atoms with Gasteiger partial charge in [-0.05, 0) is 43.1 Å². The topological polar surface area (TPSA) is 148 Å². The molecule has 0 aromatic rings.